The first-order valence-corrected chi connectivity index (χ1v) is 7.89. The third kappa shape index (κ3) is 2.99. The van der Waals surface area contributed by atoms with Gasteiger partial charge in [0.15, 0.2) is 6.10 Å². The molecule has 1 saturated heterocycles. The number of carbonyl (C=O) groups excluding carboxylic acids is 2. The lowest BCUT2D eigenvalue weighted by Gasteiger charge is -2.38. The van der Waals surface area contributed by atoms with Gasteiger partial charge < -0.3 is 15.0 Å². The lowest BCUT2D eigenvalue weighted by molar-refractivity contribution is -0.162. The van der Waals surface area contributed by atoms with E-state index in [0.717, 1.165) is 31.2 Å². The first-order chi connectivity index (χ1) is 10.7. The molecule has 22 heavy (non-hydrogen) atoms. The molecule has 2 amide bonds. The predicted octanol–water partition coefficient (Wildman–Crippen LogP) is 1.64. The standard InChI is InChI=1S/C17H22N2O3/c1-19-14(20)11-22-16(15(19)12-7-3-2-4-8-12)17(21)18-13-9-5-6-10-13/h2-4,7-8,13,15-16H,5-6,9-11H2,1H3,(H,18,21)/t15-,16+/m1/s1. The van der Waals surface area contributed by atoms with Crippen molar-refractivity contribution >= 4 is 11.8 Å². The number of nitrogens with zero attached hydrogens (tertiary/aromatic N) is 1. The van der Waals surface area contributed by atoms with Gasteiger partial charge in [-0.15, -0.1) is 0 Å². The highest BCUT2D eigenvalue weighted by molar-refractivity contribution is 5.86. The molecule has 1 heterocycles. The summed E-state index contributed by atoms with van der Waals surface area (Å²) in [7, 11) is 1.73. The maximum atomic E-state index is 12.6. The average Bonchev–Trinajstić information content (AvgIpc) is 3.03. The summed E-state index contributed by atoms with van der Waals surface area (Å²) in [4.78, 5) is 26.2. The fourth-order valence-corrected chi connectivity index (χ4v) is 3.33. The van der Waals surface area contributed by atoms with E-state index in [9.17, 15) is 9.59 Å². The van der Waals surface area contributed by atoms with E-state index >= 15 is 0 Å². The summed E-state index contributed by atoms with van der Waals surface area (Å²) in [5.74, 6) is -0.209. The zero-order chi connectivity index (χ0) is 15.5. The smallest absolute Gasteiger partial charge is 0.251 e. The van der Waals surface area contributed by atoms with Crippen LogP contribution in [0.15, 0.2) is 30.3 Å². The van der Waals surface area contributed by atoms with Crippen LogP contribution >= 0.6 is 0 Å². The second kappa shape index (κ2) is 6.48. The Morgan fingerprint density at radius 2 is 1.91 bits per heavy atom. The topological polar surface area (TPSA) is 58.6 Å². The van der Waals surface area contributed by atoms with Gasteiger partial charge in [0.2, 0.25) is 5.91 Å². The van der Waals surface area contributed by atoms with Crippen LogP contribution in [-0.2, 0) is 14.3 Å². The molecule has 1 aromatic carbocycles. The van der Waals surface area contributed by atoms with Crippen LogP contribution < -0.4 is 5.32 Å². The van der Waals surface area contributed by atoms with Crippen LogP contribution in [-0.4, -0.2) is 42.5 Å². The zero-order valence-electron chi connectivity index (χ0n) is 12.8. The molecule has 118 valence electrons. The Hall–Kier alpha value is -1.88. The van der Waals surface area contributed by atoms with Gasteiger partial charge in [-0.25, -0.2) is 0 Å². The molecule has 2 atom stereocenters. The van der Waals surface area contributed by atoms with E-state index in [4.69, 9.17) is 4.74 Å². The molecule has 0 radical (unpaired) electrons. The normalized spacial score (nSPS) is 26.2. The summed E-state index contributed by atoms with van der Waals surface area (Å²) >= 11 is 0. The Kier molecular flexibility index (Phi) is 4.43. The third-order valence-electron chi connectivity index (χ3n) is 4.58. The number of likely N-dealkylation sites (N-methyl/N-ethyl adjacent to an activating group) is 1. The van der Waals surface area contributed by atoms with Gasteiger partial charge in [0.1, 0.15) is 6.61 Å². The molecule has 1 aromatic rings. The van der Waals surface area contributed by atoms with E-state index in [-0.39, 0.29) is 30.5 Å². The molecule has 3 rings (SSSR count). The molecule has 1 aliphatic heterocycles. The van der Waals surface area contributed by atoms with Gasteiger partial charge in [-0.05, 0) is 18.4 Å². The Morgan fingerprint density at radius 1 is 1.23 bits per heavy atom. The SMILES string of the molecule is CN1C(=O)CO[C@H](C(=O)NC2CCCC2)[C@H]1c1ccccc1. The highest BCUT2D eigenvalue weighted by atomic mass is 16.5. The minimum Gasteiger partial charge on any atom is -0.356 e. The summed E-state index contributed by atoms with van der Waals surface area (Å²) < 4.78 is 5.60. The molecule has 5 nitrogen and oxygen atoms in total. The van der Waals surface area contributed by atoms with Crippen molar-refractivity contribution in [3.05, 3.63) is 35.9 Å². The lowest BCUT2D eigenvalue weighted by Crippen LogP contribution is -2.54. The van der Waals surface area contributed by atoms with Crippen molar-refractivity contribution in [3.8, 4) is 0 Å². The fraction of sp³-hybridized carbons (Fsp3) is 0.529. The number of hydrogen-bond donors (Lipinski definition) is 1. The van der Waals surface area contributed by atoms with E-state index in [2.05, 4.69) is 5.32 Å². The van der Waals surface area contributed by atoms with Crippen molar-refractivity contribution in [3.63, 3.8) is 0 Å². The van der Waals surface area contributed by atoms with Gasteiger partial charge in [-0.2, -0.15) is 0 Å². The Morgan fingerprint density at radius 3 is 2.59 bits per heavy atom. The molecule has 1 aliphatic carbocycles. The second-order valence-electron chi connectivity index (χ2n) is 6.08. The minimum atomic E-state index is -0.648. The molecule has 1 saturated carbocycles. The van der Waals surface area contributed by atoms with E-state index in [1.165, 1.54) is 0 Å². The van der Waals surface area contributed by atoms with E-state index in [1.54, 1.807) is 11.9 Å². The first-order valence-electron chi connectivity index (χ1n) is 7.89. The van der Waals surface area contributed by atoms with E-state index < -0.39 is 6.10 Å². The number of carbonyl (C=O) groups is 2. The quantitative estimate of drug-likeness (QED) is 0.923. The Labute approximate surface area is 130 Å². The summed E-state index contributed by atoms with van der Waals surface area (Å²) in [6, 6.07) is 9.47. The molecule has 2 aliphatic rings. The maximum Gasteiger partial charge on any atom is 0.251 e. The molecule has 5 heteroatoms. The summed E-state index contributed by atoms with van der Waals surface area (Å²) in [6.07, 6.45) is 3.74. The van der Waals surface area contributed by atoms with Gasteiger partial charge >= 0.3 is 0 Å². The van der Waals surface area contributed by atoms with E-state index in [0.29, 0.717) is 0 Å². The fourth-order valence-electron chi connectivity index (χ4n) is 3.33. The number of morpholine rings is 1. The van der Waals surface area contributed by atoms with Crippen LogP contribution in [0.5, 0.6) is 0 Å². The monoisotopic (exact) mass is 302 g/mol. The number of benzene rings is 1. The molecule has 0 aromatic heterocycles. The zero-order valence-corrected chi connectivity index (χ0v) is 12.8. The van der Waals surface area contributed by atoms with Crippen molar-refractivity contribution in [2.24, 2.45) is 0 Å². The average molecular weight is 302 g/mol. The minimum absolute atomic E-state index is 0.0391. The Balaban J connectivity index is 1.80. The molecular formula is C17H22N2O3. The lowest BCUT2D eigenvalue weighted by atomic mass is 9.97. The van der Waals surface area contributed by atoms with Crippen molar-refractivity contribution in [2.75, 3.05) is 13.7 Å². The summed E-state index contributed by atoms with van der Waals surface area (Å²) in [6.45, 7) is -0.0391. The van der Waals surface area contributed by atoms with Crippen LogP contribution in [0.1, 0.15) is 37.3 Å². The number of nitrogens with one attached hydrogen (secondary N) is 1. The largest absolute Gasteiger partial charge is 0.356 e. The highest BCUT2D eigenvalue weighted by Gasteiger charge is 2.40. The number of hydrogen-bond acceptors (Lipinski definition) is 3. The van der Waals surface area contributed by atoms with Gasteiger partial charge in [0, 0.05) is 13.1 Å². The van der Waals surface area contributed by atoms with Crippen LogP contribution in [0.2, 0.25) is 0 Å². The number of amides is 2. The number of ether oxygens (including phenoxy) is 1. The molecule has 0 spiro atoms. The van der Waals surface area contributed by atoms with Gasteiger partial charge in [0.05, 0.1) is 6.04 Å². The second-order valence-corrected chi connectivity index (χ2v) is 6.08. The molecule has 2 fully saturated rings. The molecular weight excluding hydrogens is 280 g/mol. The van der Waals surface area contributed by atoms with Gasteiger partial charge in [-0.3, -0.25) is 9.59 Å². The van der Waals surface area contributed by atoms with Gasteiger partial charge in [-0.1, -0.05) is 43.2 Å². The van der Waals surface area contributed by atoms with Crippen LogP contribution in [0.4, 0.5) is 0 Å². The van der Waals surface area contributed by atoms with Crippen LogP contribution in [0.25, 0.3) is 0 Å². The van der Waals surface area contributed by atoms with Crippen molar-refractivity contribution < 1.29 is 14.3 Å². The maximum absolute atomic E-state index is 12.6. The molecule has 1 N–H and O–H groups in total. The summed E-state index contributed by atoms with van der Waals surface area (Å²) in [5.41, 5.74) is 0.921. The van der Waals surface area contributed by atoms with E-state index in [1.807, 2.05) is 30.3 Å². The van der Waals surface area contributed by atoms with Crippen molar-refractivity contribution in [2.45, 2.75) is 43.9 Å². The highest BCUT2D eigenvalue weighted by Crippen LogP contribution is 2.29. The molecule has 0 bridgehead atoms. The van der Waals surface area contributed by atoms with Crippen molar-refractivity contribution in [1.29, 1.82) is 0 Å². The van der Waals surface area contributed by atoms with Crippen molar-refractivity contribution in [1.82, 2.24) is 10.2 Å². The third-order valence-corrected chi connectivity index (χ3v) is 4.58. The molecule has 0 unspecified atom stereocenters. The van der Waals surface area contributed by atoms with Crippen LogP contribution in [0, 0.1) is 0 Å². The predicted molar refractivity (Wildman–Crippen MR) is 82.1 cm³/mol. The Bertz CT molecular complexity index is 540. The first kappa shape index (κ1) is 15.0. The summed E-state index contributed by atoms with van der Waals surface area (Å²) in [5, 5.41) is 3.08. The van der Waals surface area contributed by atoms with Crippen LogP contribution in [0.3, 0.4) is 0 Å². The van der Waals surface area contributed by atoms with Gasteiger partial charge in [0.25, 0.3) is 5.91 Å². The number of rotatable bonds is 3.